The first kappa shape index (κ1) is 16.1. The number of carbonyl (C=O) groups excluding carboxylic acids is 1. The SMILES string of the molecule is CCCSc1ccc(C(=O)CCN2CCCC(C)C2)s1. The third-order valence-corrected chi connectivity index (χ3v) is 6.26. The fourth-order valence-electron chi connectivity index (χ4n) is 2.62. The van der Waals surface area contributed by atoms with E-state index in [-0.39, 0.29) is 0 Å². The van der Waals surface area contributed by atoms with Gasteiger partial charge in [0.25, 0.3) is 0 Å². The van der Waals surface area contributed by atoms with Crippen molar-refractivity contribution in [2.45, 2.75) is 43.7 Å². The number of hydrogen-bond acceptors (Lipinski definition) is 4. The number of likely N-dealkylation sites (tertiary alicyclic amines) is 1. The molecule has 1 saturated heterocycles. The number of carbonyl (C=O) groups is 1. The molecule has 1 fully saturated rings. The van der Waals surface area contributed by atoms with Crippen molar-refractivity contribution < 1.29 is 4.79 Å². The largest absolute Gasteiger partial charge is 0.303 e. The minimum Gasteiger partial charge on any atom is -0.303 e. The first-order valence-electron chi connectivity index (χ1n) is 7.67. The Labute approximate surface area is 130 Å². The summed E-state index contributed by atoms with van der Waals surface area (Å²) in [4.78, 5) is 15.6. The van der Waals surface area contributed by atoms with E-state index in [0.29, 0.717) is 12.2 Å². The first-order valence-corrected chi connectivity index (χ1v) is 9.47. The smallest absolute Gasteiger partial charge is 0.174 e. The van der Waals surface area contributed by atoms with Gasteiger partial charge in [-0.15, -0.1) is 23.1 Å². The topological polar surface area (TPSA) is 20.3 Å². The highest BCUT2D eigenvalue weighted by Gasteiger charge is 2.17. The van der Waals surface area contributed by atoms with Crippen LogP contribution in [0.2, 0.25) is 0 Å². The standard InChI is InChI=1S/C16H25NOS2/c1-3-11-19-16-7-6-15(20-16)14(18)8-10-17-9-4-5-13(2)12-17/h6-7,13H,3-5,8-12H2,1-2H3. The molecule has 0 aliphatic carbocycles. The average Bonchev–Trinajstić information content (AvgIpc) is 2.91. The third-order valence-electron chi connectivity index (χ3n) is 3.70. The molecular weight excluding hydrogens is 286 g/mol. The summed E-state index contributed by atoms with van der Waals surface area (Å²) in [5, 5.41) is 0. The molecule has 2 rings (SSSR count). The van der Waals surface area contributed by atoms with Crippen LogP contribution in [0, 0.1) is 5.92 Å². The van der Waals surface area contributed by atoms with Gasteiger partial charge in [0, 0.05) is 19.5 Å². The lowest BCUT2D eigenvalue weighted by molar-refractivity contribution is 0.0953. The summed E-state index contributed by atoms with van der Waals surface area (Å²) in [6.45, 7) is 7.75. The maximum Gasteiger partial charge on any atom is 0.174 e. The summed E-state index contributed by atoms with van der Waals surface area (Å²) in [6.07, 6.45) is 4.48. The van der Waals surface area contributed by atoms with Crippen LogP contribution in [0.1, 0.15) is 49.2 Å². The first-order chi connectivity index (χ1) is 9.69. The minimum absolute atomic E-state index is 0.316. The monoisotopic (exact) mass is 311 g/mol. The number of thiophene rings is 1. The zero-order valence-electron chi connectivity index (χ0n) is 12.6. The Kier molecular flexibility index (Phi) is 6.59. The van der Waals surface area contributed by atoms with Crippen LogP contribution in [0.25, 0.3) is 0 Å². The number of hydrogen-bond donors (Lipinski definition) is 0. The highest BCUT2D eigenvalue weighted by molar-refractivity contribution is 8.01. The molecular formula is C16H25NOS2. The van der Waals surface area contributed by atoms with Crippen molar-refractivity contribution in [2.24, 2.45) is 5.92 Å². The van der Waals surface area contributed by atoms with Crippen molar-refractivity contribution in [1.82, 2.24) is 4.90 Å². The Balaban J connectivity index is 1.77. The van der Waals surface area contributed by atoms with Gasteiger partial charge in [-0.3, -0.25) is 4.79 Å². The molecule has 20 heavy (non-hydrogen) atoms. The molecule has 0 aromatic carbocycles. The fraction of sp³-hybridized carbons (Fsp3) is 0.688. The normalized spacial score (nSPS) is 20.2. The van der Waals surface area contributed by atoms with E-state index in [2.05, 4.69) is 24.8 Å². The summed E-state index contributed by atoms with van der Waals surface area (Å²) in [5.74, 6) is 2.24. The van der Waals surface area contributed by atoms with Crippen LogP contribution < -0.4 is 0 Å². The molecule has 1 aliphatic rings. The highest BCUT2D eigenvalue weighted by Crippen LogP contribution is 2.28. The number of thioether (sulfide) groups is 1. The predicted molar refractivity (Wildman–Crippen MR) is 89.1 cm³/mol. The van der Waals surface area contributed by atoms with Gasteiger partial charge in [-0.2, -0.15) is 0 Å². The van der Waals surface area contributed by atoms with Crippen molar-refractivity contribution in [2.75, 3.05) is 25.4 Å². The van der Waals surface area contributed by atoms with E-state index in [9.17, 15) is 4.79 Å². The molecule has 0 bridgehead atoms. The van der Waals surface area contributed by atoms with Gasteiger partial charge in [0.1, 0.15) is 0 Å². The second kappa shape index (κ2) is 8.20. The maximum absolute atomic E-state index is 12.2. The quantitative estimate of drug-likeness (QED) is 0.544. The Bertz CT molecular complexity index is 430. The van der Waals surface area contributed by atoms with Gasteiger partial charge in [0.05, 0.1) is 9.09 Å². The number of nitrogens with zero attached hydrogens (tertiary/aromatic N) is 1. The van der Waals surface area contributed by atoms with E-state index in [4.69, 9.17) is 0 Å². The fourth-order valence-corrected chi connectivity index (χ4v) is 4.65. The lowest BCUT2D eigenvalue weighted by Crippen LogP contribution is -2.35. The van der Waals surface area contributed by atoms with Crippen LogP contribution in [-0.4, -0.2) is 36.1 Å². The molecule has 1 aromatic heterocycles. The van der Waals surface area contributed by atoms with Crippen LogP contribution in [-0.2, 0) is 0 Å². The molecule has 0 N–H and O–H groups in total. The minimum atomic E-state index is 0.316. The Hall–Kier alpha value is -0.320. The van der Waals surface area contributed by atoms with Gasteiger partial charge in [-0.05, 0) is 49.6 Å². The van der Waals surface area contributed by atoms with Gasteiger partial charge < -0.3 is 4.90 Å². The van der Waals surface area contributed by atoms with Crippen molar-refractivity contribution in [3.05, 3.63) is 17.0 Å². The molecule has 2 heterocycles. The molecule has 1 aromatic rings. The zero-order chi connectivity index (χ0) is 14.4. The van der Waals surface area contributed by atoms with Crippen molar-refractivity contribution in [3.8, 4) is 0 Å². The van der Waals surface area contributed by atoms with Gasteiger partial charge in [-0.25, -0.2) is 0 Å². The van der Waals surface area contributed by atoms with Gasteiger partial charge in [0.2, 0.25) is 0 Å². The predicted octanol–water partition coefficient (Wildman–Crippen LogP) is 4.55. The van der Waals surface area contributed by atoms with E-state index in [1.807, 2.05) is 17.8 Å². The molecule has 0 amide bonds. The number of Topliss-reactive ketones (excluding diaryl/α,β-unsaturated/α-hetero) is 1. The second-order valence-corrected chi connectivity index (χ2v) is 8.17. The molecule has 1 unspecified atom stereocenters. The summed E-state index contributed by atoms with van der Waals surface area (Å²) in [7, 11) is 0. The van der Waals surface area contributed by atoms with Gasteiger partial charge >= 0.3 is 0 Å². The summed E-state index contributed by atoms with van der Waals surface area (Å²) < 4.78 is 1.28. The van der Waals surface area contributed by atoms with Gasteiger partial charge in [0.15, 0.2) is 5.78 Å². The van der Waals surface area contributed by atoms with Crippen LogP contribution in [0.15, 0.2) is 16.3 Å². The molecule has 0 saturated carbocycles. The van der Waals surface area contributed by atoms with Crippen molar-refractivity contribution in [1.29, 1.82) is 0 Å². The average molecular weight is 312 g/mol. The molecule has 1 aliphatic heterocycles. The summed E-state index contributed by atoms with van der Waals surface area (Å²) in [6, 6.07) is 4.10. The second-order valence-electron chi connectivity index (χ2n) is 5.69. The Morgan fingerprint density at radius 3 is 3.10 bits per heavy atom. The van der Waals surface area contributed by atoms with Crippen molar-refractivity contribution in [3.63, 3.8) is 0 Å². The van der Waals surface area contributed by atoms with Crippen LogP contribution >= 0.6 is 23.1 Å². The molecule has 4 heteroatoms. The molecule has 0 radical (unpaired) electrons. The molecule has 1 atom stereocenters. The van der Waals surface area contributed by atoms with E-state index in [1.54, 1.807) is 11.3 Å². The number of ketones is 1. The number of piperidine rings is 1. The maximum atomic E-state index is 12.2. The van der Waals surface area contributed by atoms with E-state index in [0.717, 1.165) is 29.6 Å². The molecule has 2 nitrogen and oxygen atoms in total. The Morgan fingerprint density at radius 2 is 2.35 bits per heavy atom. The van der Waals surface area contributed by atoms with E-state index >= 15 is 0 Å². The Morgan fingerprint density at radius 1 is 1.50 bits per heavy atom. The zero-order valence-corrected chi connectivity index (χ0v) is 14.2. The van der Waals surface area contributed by atoms with E-state index < -0.39 is 0 Å². The lowest BCUT2D eigenvalue weighted by atomic mass is 10.00. The van der Waals surface area contributed by atoms with Crippen LogP contribution in [0.5, 0.6) is 0 Å². The van der Waals surface area contributed by atoms with Crippen molar-refractivity contribution >= 4 is 28.9 Å². The molecule has 112 valence electrons. The number of rotatable bonds is 7. The summed E-state index contributed by atoms with van der Waals surface area (Å²) >= 11 is 3.52. The van der Waals surface area contributed by atoms with Crippen LogP contribution in [0.4, 0.5) is 0 Å². The van der Waals surface area contributed by atoms with Gasteiger partial charge in [-0.1, -0.05) is 13.8 Å². The highest BCUT2D eigenvalue weighted by atomic mass is 32.2. The molecule has 0 spiro atoms. The third kappa shape index (κ3) is 4.90. The lowest BCUT2D eigenvalue weighted by Gasteiger charge is -2.30. The summed E-state index contributed by atoms with van der Waals surface area (Å²) in [5.41, 5.74) is 0. The van der Waals surface area contributed by atoms with E-state index in [1.165, 1.54) is 30.0 Å². The van der Waals surface area contributed by atoms with Crippen LogP contribution in [0.3, 0.4) is 0 Å².